The molecule has 216 valence electrons. The van der Waals surface area contributed by atoms with E-state index in [4.69, 9.17) is 4.98 Å². The van der Waals surface area contributed by atoms with Crippen molar-refractivity contribution < 1.29 is 0 Å². The van der Waals surface area contributed by atoms with E-state index < -0.39 is 0 Å². The lowest BCUT2D eigenvalue weighted by molar-refractivity contribution is 0.315. The van der Waals surface area contributed by atoms with E-state index in [1.807, 2.05) is 6.07 Å². The zero-order valence-corrected chi connectivity index (χ0v) is 24.4. The quantitative estimate of drug-likeness (QED) is 0.202. The number of fused-ring (bicyclic) bond motifs is 1. The third kappa shape index (κ3) is 5.38. The molecular formula is C34H40N8. The Labute approximate surface area is 247 Å². The zero-order chi connectivity index (χ0) is 28.3. The molecule has 1 unspecified atom stereocenters. The third-order valence-electron chi connectivity index (χ3n) is 9.08. The molecule has 0 saturated heterocycles. The predicted octanol–water partition coefficient (Wildman–Crippen LogP) is 7.75. The smallest absolute Gasteiger partial charge is 0.178 e. The molecule has 2 N–H and O–H groups in total. The molecule has 5 aromatic rings. The maximum atomic E-state index is 5.13. The number of aryl methyl sites for hydroxylation is 1. The van der Waals surface area contributed by atoms with Gasteiger partial charge in [0, 0.05) is 23.0 Å². The number of imidazole rings is 1. The number of nitrogens with zero attached hydrogens (tertiary/aromatic N) is 6. The Balaban J connectivity index is 1.26. The van der Waals surface area contributed by atoms with Crippen molar-refractivity contribution in [1.82, 2.24) is 29.6 Å². The lowest BCUT2D eigenvalue weighted by atomic mass is 9.95. The van der Waals surface area contributed by atoms with Gasteiger partial charge in [0.05, 0.1) is 6.04 Å². The van der Waals surface area contributed by atoms with Crippen LogP contribution in [-0.4, -0.2) is 35.6 Å². The van der Waals surface area contributed by atoms with Gasteiger partial charge in [0.25, 0.3) is 0 Å². The van der Waals surface area contributed by atoms with Crippen molar-refractivity contribution >= 4 is 17.2 Å². The fourth-order valence-corrected chi connectivity index (χ4v) is 6.84. The van der Waals surface area contributed by atoms with E-state index in [0.29, 0.717) is 12.1 Å². The Kier molecular flexibility index (Phi) is 7.60. The summed E-state index contributed by atoms with van der Waals surface area (Å²) in [5.41, 5.74) is 6.42. The second-order valence-electron chi connectivity index (χ2n) is 12.0. The predicted molar refractivity (Wildman–Crippen MR) is 168 cm³/mol. The van der Waals surface area contributed by atoms with Crippen LogP contribution in [0.25, 0.3) is 16.9 Å². The highest BCUT2D eigenvalue weighted by atomic mass is 15.6. The van der Waals surface area contributed by atoms with Crippen LogP contribution in [0.2, 0.25) is 0 Å². The van der Waals surface area contributed by atoms with Crippen LogP contribution >= 0.6 is 0 Å². The van der Waals surface area contributed by atoms with Crippen molar-refractivity contribution in [3.05, 3.63) is 89.9 Å². The Morgan fingerprint density at radius 1 is 0.786 bits per heavy atom. The number of rotatable bonds is 8. The number of pyridine rings is 1. The fraction of sp³-hybridized carbons (Fsp3) is 0.412. The number of hydrogen-bond donors (Lipinski definition) is 2. The summed E-state index contributed by atoms with van der Waals surface area (Å²) in [4.78, 5) is 5.13. The Bertz CT molecular complexity index is 1610. The van der Waals surface area contributed by atoms with Crippen LogP contribution in [0.15, 0.2) is 72.8 Å². The number of para-hydroxylation sites is 1. The van der Waals surface area contributed by atoms with Crippen LogP contribution in [0.4, 0.5) is 11.5 Å². The monoisotopic (exact) mass is 560 g/mol. The van der Waals surface area contributed by atoms with Crippen molar-refractivity contribution in [1.29, 1.82) is 0 Å². The standard InChI is InChI=1S/C34H40N8/c1-24-12-11-19-30-37-31(33(41(24)30)36-28-15-7-3-8-16-28)25-20-22-26(23-21-25)32(35-27-13-5-2-6-14-27)34-38-39-40-42(34)29-17-9-4-10-18-29/h2,5-6,11-14,19-23,28-29,32,35-36H,3-4,7-10,15-18H2,1H3. The van der Waals surface area contributed by atoms with Crippen LogP contribution in [0.3, 0.4) is 0 Å². The largest absolute Gasteiger partial charge is 0.371 e. The summed E-state index contributed by atoms with van der Waals surface area (Å²) in [5.74, 6) is 1.96. The molecule has 3 heterocycles. The minimum Gasteiger partial charge on any atom is -0.371 e. The van der Waals surface area contributed by atoms with Crippen LogP contribution < -0.4 is 10.6 Å². The number of tetrazole rings is 1. The van der Waals surface area contributed by atoms with Crippen molar-refractivity contribution in [3.8, 4) is 11.3 Å². The molecule has 2 saturated carbocycles. The van der Waals surface area contributed by atoms with Gasteiger partial charge in [-0.05, 0) is 72.9 Å². The molecule has 1 atom stereocenters. The first-order chi connectivity index (χ1) is 20.7. The Morgan fingerprint density at radius 3 is 2.29 bits per heavy atom. The number of aromatic nitrogens is 6. The summed E-state index contributed by atoms with van der Waals surface area (Å²) in [6, 6.07) is 26.1. The first-order valence-electron chi connectivity index (χ1n) is 15.7. The molecule has 0 radical (unpaired) electrons. The van der Waals surface area contributed by atoms with Crippen LogP contribution in [0, 0.1) is 6.92 Å². The lowest BCUT2D eigenvalue weighted by Crippen LogP contribution is -2.23. The van der Waals surface area contributed by atoms with Crippen molar-refractivity contribution in [3.63, 3.8) is 0 Å². The van der Waals surface area contributed by atoms with Gasteiger partial charge in [0.1, 0.15) is 23.2 Å². The van der Waals surface area contributed by atoms with Gasteiger partial charge < -0.3 is 10.6 Å². The van der Waals surface area contributed by atoms with E-state index in [-0.39, 0.29) is 6.04 Å². The summed E-state index contributed by atoms with van der Waals surface area (Å²) in [6.45, 7) is 2.16. The molecule has 0 bridgehead atoms. The van der Waals surface area contributed by atoms with Crippen LogP contribution in [0.1, 0.15) is 93.4 Å². The topological polar surface area (TPSA) is 85.0 Å². The molecule has 7 rings (SSSR count). The summed E-state index contributed by atoms with van der Waals surface area (Å²) in [5, 5.41) is 20.9. The third-order valence-corrected chi connectivity index (χ3v) is 9.08. The molecular weight excluding hydrogens is 520 g/mol. The number of hydrogen-bond acceptors (Lipinski definition) is 6. The Hall–Kier alpha value is -4.20. The number of benzene rings is 2. The molecule has 8 heteroatoms. The van der Waals surface area contributed by atoms with Crippen molar-refractivity contribution in [2.45, 2.75) is 89.3 Å². The van der Waals surface area contributed by atoms with E-state index in [1.54, 1.807) is 0 Å². The minimum absolute atomic E-state index is 0.179. The molecule has 2 aliphatic carbocycles. The fourth-order valence-electron chi connectivity index (χ4n) is 6.84. The van der Waals surface area contributed by atoms with Gasteiger partial charge in [-0.2, -0.15) is 0 Å². The highest BCUT2D eigenvalue weighted by Crippen LogP contribution is 2.35. The molecule has 0 amide bonds. The summed E-state index contributed by atoms with van der Waals surface area (Å²) in [6.07, 6.45) is 12.3. The first-order valence-corrected chi connectivity index (χ1v) is 15.7. The second kappa shape index (κ2) is 12.0. The molecule has 2 aromatic carbocycles. The highest BCUT2D eigenvalue weighted by molar-refractivity contribution is 5.77. The average Bonchev–Trinajstić information content (AvgIpc) is 3.68. The van der Waals surface area contributed by atoms with Crippen molar-refractivity contribution in [2.75, 3.05) is 10.6 Å². The van der Waals surface area contributed by atoms with Crippen molar-refractivity contribution in [2.24, 2.45) is 0 Å². The normalized spacial score (nSPS) is 17.4. The SMILES string of the molecule is Cc1cccc2nc(-c3ccc(C(Nc4ccccc4)c4nnnn4C4CCCCC4)cc3)c(NC3CCCCC3)n12. The molecule has 8 nitrogen and oxygen atoms in total. The van der Waals surface area contributed by atoms with Gasteiger partial charge >= 0.3 is 0 Å². The second-order valence-corrected chi connectivity index (χ2v) is 12.0. The van der Waals surface area contributed by atoms with Gasteiger partial charge in [-0.15, -0.1) is 5.10 Å². The van der Waals surface area contributed by atoms with E-state index in [2.05, 4.69) is 109 Å². The highest BCUT2D eigenvalue weighted by Gasteiger charge is 2.27. The minimum atomic E-state index is -0.179. The molecule has 2 aliphatic rings. The zero-order valence-electron chi connectivity index (χ0n) is 24.4. The average molecular weight is 561 g/mol. The maximum absolute atomic E-state index is 5.13. The lowest BCUT2D eigenvalue weighted by Gasteiger charge is -2.26. The van der Waals surface area contributed by atoms with E-state index in [9.17, 15) is 0 Å². The summed E-state index contributed by atoms with van der Waals surface area (Å²) in [7, 11) is 0. The van der Waals surface area contributed by atoms with Gasteiger partial charge in [0.2, 0.25) is 0 Å². The molecule has 2 fully saturated rings. The van der Waals surface area contributed by atoms with E-state index >= 15 is 0 Å². The number of anilines is 2. The summed E-state index contributed by atoms with van der Waals surface area (Å²) < 4.78 is 4.35. The summed E-state index contributed by atoms with van der Waals surface area (Å²) >= 11 is 0. The van der Waals surface area contributed by atoms with Crippen LogP contribution in [0.5, 0.6) is 0 Å². The van der Waals surface area contributed by atoms with E-state index in [1.165, 1.54) is 57.1 Å². The Morgan fingerprint density at radius 2 is 1.52 bits per heavy atom. The van der Waals surface area contributed by atoms with E-state index in [0.717, 1.165) is 52.6 Å². The first kappa shape index (κ1) is 26.7. The van der Waals surface area contributed by atoms with Gasteiger partial charge in [-0.25, -0.2) is 9.67 Å². The molecule has 0 aliphatic heterocycles. The molecule has 3 aromatic heterocycles. The molecule has 0 spiro atoms. The van der Waals surface area contributed by atoms with Gasteiger partial charge in [-0.3, -0.25) is 4.40 Å². The van der Waals surface area contributed by atoms with Gasteiger partial charge in [0.15, 0.2) is 5.82 Å². The van der Waals surface area contributed by atoms with Crippen LogP contribution in [-0.2, 0) is 0 Å². The maximum Gasteiger partial charge on any atom is 0.178 e. The van der Waals surface area contributed by atoms with Gasteiger partial charge in [-0.1, -0.05) is 87.1 Å². The number of nitrogens with one attached hydrogen (secondary N) is 2. The molecule has 42 heavy (non-hydrogen) atoms.